The molecule has 3 N–H and O–H groups in total. The molecule has 208 valence electrons. The normalized spacial score (nSPS) is 22.1. The van der Waals surface area contributed by atoms with E-state index in [0.29, 0.717) is 25.9 Å². The maximum atomic E-state index is 13.0. The highest BCUT2D eigenvalue weighted by Crippen LogP contribution is 2.45. The second kappa shape index (κ2) is 13.8. The summed E-state index contributed by atoms with van der Waals surface area (Å²) in [5, 5.41) is 14.4. The van der Waals surface area contributed by atoms with Crippen LogP contribution >= 0.6 is 19.4 Å². The van der Waals surface area contributed by atoms with E-state index in [2.05, 4.69) is 9.68 Å². The zero-order chi connectivity index (χ0) is 27.7. The Morgan fingerprint density at radius 2 is 1.92 bits per heavy atom. The van der Waals surface area contributed by atoms with Crippen LogP contribution in [0.1, 0.15) is 61.4 Å². The smallest absolute Gasteiger partial charge is 0.507 e. The number of hydrogen-bond acceptors (Lipinski definition) is 8. The van der Waals surface area contributed by atoms with Crippen molar-refractivity contribution in [1.82, 2.24) is 4.90 Å². The number of piperidine rings is 1. The molecule has 2 heterocycles. The Hall–Kier alpha value is -2.85. The molecule has 0 aliphatic carbocycles. The summed E-state index contributed by atoms with van der Waals surface area (Å²) in [6.45, 7) is 2.74. The van der Waals surface area contributed by atoms with Gasteiger partial charge >= 0.3 is 13.8 Å². The van der Waals surface area contributed by atoms with Gasteiger partial charge in [-0.05, 0) is 50.7 Å². The van der Waals surface area contributed by atoms with Crippen molar-refractivity contribution in [2.75, 3.05) is 19.7 Å². The molecule has 0 radical (unpaired) electrons. The number of phosphoric ester groups is 1. The van der Waals surface area contributed by atoms with E-state index in [0.717, 1.165) is 31.7 Å². The van der Waals surface area contributed by atoms with Crippen molar-refractivity contribution in [3.8, 4) is 11.5 Å². The third-order valence-electron chi connectivity index (χ3n) is 5.92. The fourth-order valence-corrected chi connectivity index (χ4v) is 4.78. The van der Waals surface area contributed by atoms with Crippen LogP contribution in [0.25, 0.3) is 0 Å². The van der Waals surface area contributed by atoms with E-state index in [1.165, 1.54) is 0 Å². The number of rotatable bonds is 5. The first-order chi connectivity index (χ1) is 18.0. The summed E-state index contributed by atoms with van der Waals surface area (Å²) >= 11 is 6.43. The highest BCUT2D eigenvalue weighted by molar-refractivity contribution is 7.46. The zero-order valence-electron chi connectivity index (χ0n) is 21.0. The highest BCUT2D eigenvalue weighted by atomic mass is 35.5. The van der Waals surface area contributed by atoms with Crippen molar-refractivity contribution in [3.05, 3.63) is 46.5 Å². The summed E-state index contributed by atoms with van der Waals surface area (Å²) in [4.78, 5) is 51.1. The van der Waals surface area contributed by atoms with E-state index < -0.39 is 31.4 Å². The van der Waals surface area contributed by atoms with E-state index in [-0.39, 0.29) is 40.8 Å². The molecule has 0 spiro atoms. The summed E-state index contributed by atoms with van der Waals surface area (Å²) in [6.07, 6.45) is 11.3. The van der Waals surface area contributed by atoms with Crippen LogP contribution in [0.3, 0.4) is 0 Å². The number of allylic oxidation sites excluding steroid dienone is 3. The molecule has 38 heavy (non-hydrogen) atoms. The van der Waals surface area contributed by atoms with Crippen LogP contribution in [0.5, 0.6) is 11.5 Å². The number of halogens is 1. The second-order valence-electron chi connectivity index (χ2n) is 9.02. The lowest BCUT2D eigenvalue weighted by Crippen LogP contribution is -2.37. The number of hydrogen-bond donors (Lipinski definition) is 3. The first-order valence-electron chi connectivity index (χ1n) is 12.3. The standard InChI is InChI=1S/C25H32ClN2O9P/c1-17-10-6-3-2-4-7-11-18(27-35-16-22(30)28-12-8-5-9-13-28)14-19-23(25(31)36-17)20(29)15-21(24(19)26)37-38(32,33)34/h3,6-7,11,15,17,29H,2,4-5,8-10,12-14,16H2,1H3,(H2,32,33,34)/b6-3+,11-7+,27-18+/t17-/m1/s1. The van der Waals surface area contributed by atoms with Crippen LogP contribution in [0.2, 0.25) is 5.02 Å². The maximum absolute atomic E-state index is 13.0. The van der Waals surface area contributed by atoms with Crippen molar-refractivity contribution in [1.29, 1.82) is 0 Å². The van der Waals surface area contributed by atoms with Crippen LogP contribution in [0.4, 0.5) is 0 Å². The van der Waals surface area contributed by atoms with Gasteiger partial charge in [0.15, 0.2) is 12.4 Å². The largest absolute Gasteiger partial charge is 0.524 e. The summed E-state index contributed by atoms with van der Waals surface area (Å²) in [5.41, 5.74) is -0.0880. The number of nitrogens with zero attached hydrogens (tertiary/aromatic N) is 2. The van der Waals surface area contributed by atoms with Gasteiger partial charge in [-0.3, -0.25) is 14.6 Å². The van der Waals surface area contributed by atoms with E-state index >= 15 is 0 Å². The highest BCUT2D eigenvalue weighted by Gasteiger charge is 2.29. The van der Waals surface area contributed by atoms with Crippen molar-refractivity contribution >= 4 is 37.0 Å². The zero-order valence-corrected chi connectivity index (χ0v) is 22.7. The Labute approximate surface area is 225 Å². The predicted octanol–water partition coefficient (Wildman–Crippen LogP) is 4.29. The monoisotopic (exact) mass is 570 g/mol. The first kappa shape index (κ1) is 29.7. The first-order valence-corrected chi connectivity index (χ1v) is 14.2. The van der Waals surface area contributed by atoms with Gasteiger partial charge in [0.25, 0.3) is 5.91 Å². The van der Waals surface area contributed by atoms with Crippen LogP contribution < -0.4 is 4.52 Å². The number of likely N-dealkylation sites (tertiary alicyclic amines) is 1. The lowest BCUT2D eigenvalue weighted by molar-refractivity contribution is -0.137. The van der Waals surface area contributed by atoms with Crippen molar-refractivity contribution in [2.45, 2.75) is 58.0 Å². The lowest BCUT2D eigenvalue weighted by atomic mass is 9.99. The molecule has 1 aromatic carbocycles. The molecule has 1 aromatic rings. The van der Waals surface area contributed by atoms with Crippen LogP contribution in [0, 0.1) is 0 Å². The Kier molecular flexibility index (Phi) is 10.8. The fraction of sp³-hybridized carbons (Fsp3) is 0.480. The molecule has 1 amide bonds. The van der Waals surface area contributed by atoms with Crippen LogP contribution in [-0.4, -0.2) is 63.2 Å². The Morgan fingerprint density at radius 3 is 2.63 bits per heavy atom. The minimum absolute atomic E-state index is 0.0331. The number of carbonyl (C=O) groups is 2. The number of phosphoric acid groups is 1. The van der Waals surface area contributed by atoms with Crippen LogP contribution in [0.15, 0.2) is 35.5 Å². The number of carbonyl (C=O) groups excluding carboxylic acids is 2. The molecule has 0 unspecified atom stereocenters. The average Bonchev–Trinajstić information content (AvgIpc) is 2.85. The lowest BCUT2D eigenvalue weighted by Gasteiger charge is -2.26. The fourth-order valence-electron chi connectivity index (χ4n) is 4.08. The number of phenolic OH excluding ortho intramolecular Hbond substituents is 1. The number of aromatic hydroxyl groups is 1. The number of oxime groups is 1. The van der Waals surface area contributed by atoms with Gasteiger partial charge in [-0.15, -0.1) is 0 Å². The van der Waals surface area contributed by atoms with Gasteiger partial charge in [-0.2, -0.15) is 0 Å². The van der Waals surface area contributed by atoms with Gasteiger partial charge in [0, 0.05) is 32.0 Å². The van der Waals surface area contributed by atoms with Crippen molar-refractivity contribution in [2.24, 2.45) is 5.16 Å². The number of amides is 1. The SMILES string of the molecule is C[C@@H]1C/C=C/CC/C=C/C(=N\OCC(=O)N2CCCCC2)Cc2c(Cl)c(OP(=O)(O)O)cc(O)c2C(=O)O1. The third-order valence-corrected chi connectivity index (χ3v) is 6.77. The summed E-state index contributed by atoms with van der Waals surface area (Å²) in [7, 11) is -5.04. The molecular formula is C25H32ClN2O9P. The molecule has 1 fully saturated rings. The number of fused-ring (bicyclic) bond motifs is 1. The molecule has 1 saturated heterocycles. The summed E-state index contributed by atoms with van der Waals surface area (Å²) in [6, 6.07) is 0.843. The Morgan fingerprint density at radius 1 is 1.21 bits per heavy atom. The summed E-state index contributed by atoms with van der Waals surface area (Å²) < 4.78 is 21.6. The molecule has 0 saturated carbocycles. The number of benzene rings is 1. The molecule has 2 aliphatic heterocycles. The van der Waals surface area contributed by atoms with Gasteiger partial charge in [0.2, 0.25) is 0 Å². The second-order valence-corrected chi connectivity index (χ2v) is 10.6. The van der Waals surface area contributed by atoms with Gasteiger partial charge in [-0.25, -0.2) is 9.36 Å². The molecule has 13 heteroatoms. The quantitative estimate of drug-likeness (QED) is 0.203. The molecule has 11 nitrogen and oxygen atoms in total. The molecule has 2 aliphatic rings. The maximum Gasteiger partial charge on any atom is 0.524 e. The molecule has 3 rings (SSSR count). The molecule has 0 aromatic heterocycles. The number of phenols is 1. The van der Waals surface area contributed by atoms with Gasteiger partial charge in [-0.1, -0.05) is 35.0 Å². The topological polar surface area (TPSA) is 155 Å². The molecular weight excluding hydrogens is 539 g/mol. The number of esters is 1. The number of ether oxygens (including phenoxy) is 1. The van der Waals surface area contributed by atoms with Gasteiger partial charge in [0.1, 0.15) is 17.4 Å². The Balaban J connectivity index is 1.98. The van der Waals surface area contributed by atoms with Gasteiger partial charge in [0.05, 0.1) is 10.7 Å². The molecule has 0 bridgehead atoms. The third kappa shape index (κ3) is 8.87. The predicted molar refractivity (Wildman–Crippen MR) is 140 cm³/mol. The van der Waals surface area contributed by atoms with E-state index in [1.54, 1.807) is 17.9 Å². The average molecular weight is 571 g/mol. The van der Waals surface area contributed by atoms with E-state index in [4.69, 9.17) is 21.2 Å². The molecule has 1 atom stereocenters. The summed E-state index contributed by atoms with van der Waals surface area (Å²) in [5.74, 6) is -2.25. The van der Waals surface area contributed by atoms with Crippen LogP contribution in [-0.2, 0) is 25.4 Å². The number of cyclic esters (lactones) is 1. The van der Waals surface area contributed by atoms with Gasteiger partial charge < -0.3 is 24.1 Å². The van der Waals surface area contributed by atoms with Crippen molar-refractivity contribution in [3.63, 3.8) is 0 Å². The van der Waals surface area contributed by atoms with E-state index in [1.807, 2.05) is 18.2 Å². The Bertz CT molecular complexity index is 1160. The van der Waals surface area contributed by atoms with E-state index in [9.17, 15) is 29.0 Å². The van der Waals surface area contributed by atoms with Crippen molar-refractivity contribution < 1.29 is 43.1 Å². The minimum atomic E-state index is -5.04. The minimum Gasteiger partial charge on any atom is -0.507 e.